The largest absolute Gasteiger partial charge is 0.332 e. The van der Waals surface area contributed by atoms with Gasteiger partial charge in [-0.15, -0.1) is 10.2 Å². The topological polar surface area (TPSA) is 329 Å². The Balaban J connectivity index is 0.000000661. The van der Waals surface area contributed by atoms with E-state index in [4.69, 9.17) is 0 Å². The first-order chi connectivity index (χ1) is 55.3. The van der Waals surface area contributed by atoms with E-state index in [2.05, 4.69) is 407 Å². The molecule has 0 fully saturated rings. The fourth-order valence-corrected chi connectivity index (χ4v) is 8.73. The molecule has 31 heteroatoms. The third-order valence-corrected chi connectivity index (χ3v) is 16.8. The first-order valence-corrected chi connectivity index (χ1v) is 41.7. The Kier molecular flexibility index (Phi) is 41.8. The predicted molar refractivity (Wildman–Crippen MR) is 497 cm³/mol. The second kappa shape index (κ2) is 46.6. The van der Waals surface area contributed by atoms with Gasteiger partial charge in [0.1, 0.15) is 49.6 Å². The normalized spacial score (nSPS) is 11.9. The zero-order chi connectivity index (χ0) is 94.1. The maximum Gasteiger partial charge on any atom is 0.147 e. The van der Waals surface area contributed by atoms with E-state index in [1.54, 1.807) is 79.9 Å². The lowest BCUT2D eigenvalue weighted by molar-refractivity contribution is 0.312. The van der Waals surface area contributed by atoms with E-state index in [0.717, 1.165) is 17.3 Å². The summed E-state index contributed by atoms with van der Waals surface area (Å²) >= 11 is 0. The lowest BCUT2D eigenvalue weighted by Crippen LogP contribution is -2.24. The monoisotopic (exact) mass is 1690 g/mol. The highest BCUT2D eigenvalue weighted by atomic mass is 15.5. The van der Waals surface area contributed by atoms with Gasteiger partial charge < -0.3 is 9.13 Å². The third-order valence-electron chi connectivity index (χ3n) is 16.8. The van der Waals surface area contributed by atoms with Gasteiger partial charge in [-0.1, -0.05) is 104 Å². The van der Waals surface area contributed by atoms with E-state index >= 15 is 0 Å². The first kappa shape index (κ1) is 109. The Bertz CT molecular complexity index is 3870. The van der Waals surface area contributed by atoms with Gasteiger partial charge in [-0.2, -0.15) is 66.0 Å². The Morgan fingerprint density at radius 3 is 0.959 bits per heavy atom. The molecule has 0 saturated carbocycles. The number of nitrogens with one attached hydrogen (secondary N) is 3. The second-order valence-electron chi connectivity index (χ2n) is 42.7. The molecule has 680 valence electrons. The number of imidazole rings is 1. The van der Waals surface area contributed by atoms with Crippen molar-refractivity contribution in [3.8, 4) is 0 Å². The SMILES string of the molecule is CC(C)(C)c1ccn[nH]1.CC(C)(C)c1ccn[nH]1.CC(C)(C)c1cn[nH]c1.CC(C)(C)n1cccn1.CC(C)(C)n1ccnc1.CC(C)(C)n1cncn1.CC(C)(C)n1cnnc1.CC(C)(C)n1nccn1.Cc1cnn(C(C)(C)C)c1.Cc1ncn(C(C)(C)C)n1.Cc1ncn(C(C)(C)C)n1.Cn1cc(C(C)(C)C)cn1.Cn1ccc(C(C)(C)C)n1. The Hall–Kier alpha value is -10.6. The maximum atomic E-state index is 4.30. The predicted octanol–water partition coefficient (Wildman–Crippen LogP) is 19.6. The lowest BCUT2D eigenvalue weighted by Gasteiger charge is -2.19. The highest BCUT2D eigenvalue weighted by Crippen LogP contribution is 2.24. The van der Waals surface area contributed by atoms with Crippen molar-refractivity contribution in [2.24, 2.45) is 14.1 Å². The maximum absolute atomic E-state index is 4.30. The van der Waals surface area contributed by atoms with Crippen molar-refractivity contribution in [3.05, 3.63) is 207 Å². The van der Waals surface area contributed by atoms with Crippen molar-refractivity contribution in [2.45, 2.75) is 362 Å². The van der Waals surface area contributed by atoms with Crippen molar-refractivity contribution >= 4 is 0 Å². The van der Waals surface area contributed by atoms with Crippen LogP contribution in [0.3, 0.4) is 0 Å². The third kappa shape index (κ3) is 45.3. The summed E-state index contributed by atoms with van der Waals surface area (Å²) in [6.45, 7) is 88.9. The van der Waals surface area contributed by atoms with E-state index < -0.39 is 0 Å². The highest BCUT2D eigenvalue weighted by molar-refractivity contribution is 5.16. The van der Waals surface area contributed by atoms with Crippen LogP contribution >= 0.6 is 0 Å². The molecule has 13 aromatic heterocycles. The fraction of sp³-hybridized carbons (Fsp3) is 0.626. The molecule has 0 amide bonds. The van der Waals surface area contributed by atoms with E-state index in [9.17, 15) is 0 Å². The van der Waals surface area contributed by atoms with E-state index in [0.29, 0.717) is 0 Å². The van der Waals surface area contributed by atoms with Crippen LogP contribution < -0.4 is 0 Å². The zero-order valence-electron chi connectivity index (χ0n) is 83.5. The average Bonchev–Trinajstić information content (AvgIpc) is 1.73. The van der Waals surface area contributed by atoms with Gasteiger partial charge in [-0.05, 0) is 239 Å². The van der Waals surface area contributed by atoms with Crippen LogP contribution in [-0.2, 0) is 85.5 Å². The quantitative estimate of drug-likeness (QED) is 0.127. The van der Waals surface area contributed by atoms with Crippen LogP contribution in [0.5, 0.6) is 0 Å². The minimum absolute atomic E-state index is 0.0174. The zero-order valence-corrected chi connectivity index (χ0v) is 83.5. The fourth-order valence-electron chi connectivity index (χ4n) is 8.73. The van der Waals surface area contributed by atoms with Gasteiger partial charge in [0, 0.05) is 115 Å². The summed E-state index contributed by atoms with van der Waals surface area (Å²) in [5, 5.41) is 64.7. The van der Waals surface area contributed by atoms with Gasteiger partial charge in [-0.25, -0.2) is 34.0 Å². The van der Waals surface area contributed by atoms with Gasteiger partial charge in [-0.3, -0.25) is 34.0 Å². The molecule has 0 aromatic carbocycles. The summed E-state index contributed by atoms with van der Waals surface area (Å²) in [5.41, 5.74) is 9.06. The molecule has 31 nitrogen and oxygen atoms in total. The van der Waals surface area contributed by atoms with Gasteiger partial charge in [0.25, 0.3) is 0 Å². The van der Waals surface area contributed by atoms with Crippen LogP contribution in [0.2, 0.25) is 0 Å². The van der Waals surface area contributed by atoms with Gasteiger partial charge in [0.15, 0.2) is 0 Å². The standard InChI is InChI=1S/3C8H14N2.2C7H13N3.5C7H12N2.3C6H11N3/c1-8(2,3)7-5-9-10(4)6-7;1-7-5-9-10(6-7)8(2,3)4;1-8(2,3)7-5-6-10(4)9-7;2*1-6-8-5-10(9-6)7(2,3)4;1-7(2,3)6-4-8-9-5-6;1-7(2,3)9-5-4-8-6-9;1-7(2,3)9-6-4-5-8-9;2*1-7(2,3)6-4-5-8-9-6;1-6(2,3)9-4-7-8-5-9;1-6(2,3)9-5-7-4-8-9;1-6(2,3)9-7-4-5-8-9/h3*5-6H,1-4H3;2*5H,1-4H3;4-5H,1-3H3,(H,8,9);2*4-6H,1-3H3;2*4-5H,1-3H3,(H,8,9);3*4-5H,1-3H3. The number of hydrogen-bond donors (Lipinski definition) is 3. The summed E-state index contributed by atoms with van der Waals surface area (Å²) in [7, 11) is 3.88. The number of aromatic amines is 3. The molecule has 0 spiro atoms. The molecule has 13 heterocycles. The number of aryl methyl sites for hydroxylation is 5. The summed E-state index contributed by atoms with van der Waals surface area (Å²) in [5.74, 6) is 1.66. The minimum atomic E-state index is 0.0174. The van der Waals surface area contributed by atoms with Gasteiger partial charge >= 0.3 is 0 Å². The number of H-pyrrole nitrogens is 3. The Morgan fingerprint density at radius 1 is 0.311 bits per heavy atom. The molecule has 13 aromatic rings. The number of hydrogen-bond acceptors (Lipinski definition) is 18. The Labute approximate surface area is 732 Å². The molecule has 13 rings (SSSR count). The smallest absolute Gasteiger partial charge is 0.147 e. The molecule has 0 radical (unpaired) electrons. The number of rotatable bonds is 0. The van der Waals surface area contributed by atoms with Gasteiger partial charge in [0.2, 0.25) is 0 Å². The van der Waals surface area contributed by atoms with Crippen LogP contribution in [0.4, 0.5) is 0 Å². The van der Waals surface area contributed by atoms with Crippen molar-refractivity contribution in [2.75, 3.05) is 0 Å². The molecular weight excluding hydrogens is 1530 g/mol. The highest BCUT2D eigenvalue weighted by Gasteiger charge is 2.21. The summed E-state index contributed by atoms with van der Waals surface area (Å²) in [6.07, 6.45) is 40.2. The molecule has 0 aliphatic carbocycles. The lowest BCUT2D eigenvalue weighted by atomic mass is 9.90. The van der Waals surface area contributed by atoms with E-state index in [1.165, 1.54) is 28.1 Å². The van der Waals surface area contributed by atoms with E-state index in [1.807, 2.05) is 133 Å². The summed E-state index contributed by atoms with van der Waals surface area (Å²) < 4.78 is 17.2. The molecule has 3 N–H and O–H groups in total. The van der Waals surface area contributed by atoms with Crippen molar-refractivity contribution in [3.63, 3.8) is 0 Å². The van der Waals surface area contributed by atoms with Crippen LogP contribution in [0, 0.1) is 20.8 Å². The van der Waals surface area contributed by atoms with Crippen LogP contribution in [0.25, 0.3) is 0 Å². The second-order valence-corrected chi connectivity index (χ2v) is 42.7. The molecule has 0 bridgehead atoms. The molecule has 0 saturated heterocycles. The molecule has 122 heavy (non-hydrogen) atoms. The first-order valence-electron chi connectivity index (χ1n) is 41.7. The van der Waals surface area contributed by atoms with Crippen molar-refractivity contribution < 1.29 is 0 Å². The molecular formula is C91H161N31. The number of nitrogens with zero attached hydrogens (tertiary/aromatic N) is 28. The van der Waals surface area contributed by atoms with Gasteiger partial charge in [0.05, 0.1) is 76.2 Å². The van der Waals surface area contributed by atoms with Crippen molar-refractivity contribution in [1.29, 1.82) is 0 Å². The molecule has 0 unspecified atom stereocenters. The Morgan fingerprint density at radius 2 is 0.779 bits per heavy atom. The summed E-state index contributed by atoms with van der Waals surface area (Å²) in [4.78, 5) is 17.5. The summed E-state index contributed by atoms with van der Waals surface area (Å²) in [6, 6.07) is 7.99. The number of aromatic nitrogens is 31. The van der Waals surface area contributed by atoms with Crippen molar-refractivity contribution in [1.82, 2.24) is 153 Å². The molecule has 0 aliphatic rings. The average molecular weight is 1690 g/mol. The molecule has 0 aliphatic heterocycles. The van der Waals surface area contributed by atoms with Crippen LogP contribution in [-0.4, -0.2) is 153 Å². The minimum Gasteiger partial charge on any atom is -0.332 e. The van der Waals surface area contributed by atoms with E-state index in [-0.39, 0.29) is 71.4 Å². The van der Waals surface area contributed by atoms with Crippen LogP contribution in [0.15, 0.2) is 162 Å². The van der Waals surface area contributed by atoms with Crippen LogP contribution in [0.1, 0.15) is 315 Å². The molecule has 0 atom stereocenters.